The lowest BCUT2D eigenvalue weighted by atomic mass is 9.80. The largest absolute Gasteiger partial charge is 0.350 e. The minimum atomic E-state index is -0.0692. The van der Waals surface area contributed by atoms with Crippen LogP contribution in [-0.2, 0) is 0 Å². The number of carbonyl (C=O) groups is 1. The zero-order valence-electron chi connectivity index (χ0n) is 11.9. The summed E-state index contributed by atoms with van der Waals surface area (Å²) in [6.45, 7) is 3.06. The molecule has 1 fully saturated rings. The molecule has 2 N–H and O–H groups in total. The van der Waals surface area contributed by atoms with E-state index in [4.69, 9.17) is 0 Å². The summed E-state index contributed by atoms with van der Waals surface area (Å²) >= 11 is 0. The van der Waals surface area contributed by atoms with Gasteiger partial charge >= 0.3 is 0 Å². The van der Waals surface area contributed by atoms with Crippen LogP contribution in [0.5, 0.6) is 0 Å². The Hall–Kier alpha value is -1.84. The minimum Gasteiger partial charge on any atom is -0.350 e. The van der Waals surface area contributed by atoms with Crippen molar-refractivity contribution in [2.45, 2.75) is 32.6 Å². The topological polar surface area (TPSA) is 57.8 Å². The Morgan fingerprint density at radius 3 is 3.00 bits per heavy atom. The van der Waals surface area contributed by atoms with E-state index in [2.05, 4.69) is 22.4 Å². The Kier molecular flexibility index (Phi) is 3.72. The first-order chi connectivity index (χ1) is 9.75. The number of rotatable bonds is 3. The van der Waals surface area contributed by atoms with Gasteiger partial charge in [0, 0.05) is 11.9 Å². The molecule has 0 saturated heterocycles. The normalized spacial score (nSPS) is 22.9. The van der Waals surface area contributed by atoms with Gasteiger partial charge in [-0.05, 0) is 24.3 Å². The molecule has 2 atom stereocenters. The van der Waals surface area contributed by atoms with E-state index < -0.39 is 0 Å². The molecule has 1 aliphatic rings. The lowest BCUT2D eigenvalue weighted by Gasteiger charge is -2.28. The highest BCUT2D eigenvalue weighted by molar-refractivity contribution is 6.04. The van der Waals surface area contributed by atoms with E-state index in [-0.39, 0.29) is 5.91 Å². The van der Waals surface area contributed by atoms with Gasteiger partial charge in [-0.2, -0.15) is 5.10 Å². The van der Waals surface area contributed by atoms with Crippen LogP contribution in [0.3, 0.4) is 0 Å². The molecule has 4 heteroatoms. The third kappa shape index (κ3) is 2.55. The number of nitrogens with zero attached hydrogens (tertiary/aromatic N) is 1. The highest BCUT2D eigenvalue weighted by Gasteiger charge is 2.22. The second-order valence-electron chi connectivity index (χ2n) is 5.85. The maximum atomic E-state index is 12.3. The Bertz CT molecular complexity index is 605. The second kappa shape index (κ2) is 5.65. The molecule has 106 valence electrons. The van der Waals surface area contributed by atoms with Gasteiger partial charge in [-0.25, -0.2) is 0 Å². The molecule has 1 amide bonds. The molecule has 4 nitrogen and oxygen atoms in total. The number of H-pyrrole nitrogens is 1. The van der Waals surface area contributed by atoms with Gasteiger partial charge < -0.3 is 5.32 Å². The first-order valence-corrected chi connectivity index (χ1v) is 7.47. The Morgan fingerprint density at radius 1 is 1.35 bits per heavy atom. The smallest absolute Gasteiger partial charge is 0.272 e. The van der Waals surface area contributed by atoms with Crippen molar-refractivity contribution in [1.82, 2.24) is 15.5 Å². The number of fused-ring (bicyclic) bond motifs is 1. The summed E-state index contributed by atoms with van der Waals surface area (Å²) in [4.78, 5) is 12.3. The molecule has 0 bridgehead atoms. The van der Waals surface area contributed by atoms with Gasteiger partial charge in [0.1, 0.15) is 0 Å². The molecule has 1 aliphatic carbocycles. The van der Waals surface area contributed by atoms with Gasteiger partial charge in [-0.1, -0.05) is 44.4 Å². The van der Waals surface area contributed by atoms with Crippen molar-refractivity contribution in [1.29, 1.82) is 0 Å². The fourth-order valence-electron chi connectivity index (χ4n) is 3.14. The molecule has 1 heterocycles. The molecular formula is C16H21N3O. The first-order valence-electron chi connectivity index (χ1n) is 7.47. The van der Waals surface area contributed by atoms with Crippen LogP contribution >= 0.6 is 0 Å². The summed E-state index contributed by atoms with van der Waals surface area (Å²) in [6.07, 6.45) is 5.13. The standard InChI is InChI=1S/C16H21N3O/c1-11-6-2-3-7-12(11)10-17-16(20)15-13-8-4-5-9-14(13)18-19-15/h4-5,8-9,11-12H,2-3,6-7,10H2,1H3,(H,17,20)(H,18,19). The molecule has 0 aliphatic heterocycles. The van der Waals surface area contributed by atoms with Crippen LogP contribution in [0.15, 0.2) is 24.3 Å². The Balaban J connectivity index is 1.67. The zero-order valence-corrected chi connectivity index (χ0v) is 11.9. The number of para-hydroxylation sites is 1. The molecule has 0 spiro atoms. The second-order valence-corrected chi connectivity index (χ2v) is 5.85. The number of aromatic amines is 1. The third-order valence-electron chi connectivity index (χ3n) is 4.50. The minimum absolute atomic E-state index is 0.0692. The Labute approximate surface area is 119 Å². The number of carbonyl (C=O) groups excluding carboxylic acids is 1. The third-order valence-corrected chi connectivity index (χ3v) is 4.50. The summed E-state index contributed by atoms with van der Waals surface area (Å²) in [5, 5.41) is 11.0. The highest BCUT2D eigenvalue weighted by Crippen LogP contribution is 2.29. The van der Waals surface area contributed by atoms with E-state index in [1.54, 1.807) is 0 Å². The van der Waals surface area contributed by atoms with Crippen molar-refractivity contribution in [3.05, 3.63) is 30.0 Å². The number of amides is 1. The predicted molar refractivity (Wildman–Crippen MR) is 79.5 cm³/mol. The summed E-state index contributed by atoms with van der Waals surface area (Å²) in [6, 6.07) is 7.73. The van der Waals surface area contributed by atoms with Crippen LogP contribution in [0.25, 0.3) is 10.9 Å². The van der Waals surface area contributed by atoms with Crippen LogP contribution in [0.1, 0.15) is 43.1 Å². The quantitative estimate of drug-likeness (QED) is 0.901. The van der Waals surface area contributed by atoms with Gasteiger partial charge in [0.2, 0.25) is 0 Å². The lowest BCUT2D eigenvalue weighted by molar-refractivity contribution is 0.0933. The maximum Gasteiger partial charge on any atom is 0.272 e. The van der Waals surface area contributed by atoms with Crippen LogP contribution in [0.2, 0.25) is 0 Å². The first kappa shape index (κ1) is 13.2. The molecule has 1 saturated carbocycles. The van der Waals surface area contributed by atoms with Gasteiger partial charge in [-0.15, -0.1) is 0 Å². The van der Waals surface area contributed by atoms with E-state index in [9.17, 15) is 4.79 Å². The van der Waals surface area contributed by atoms with Crippen molar-refractivity contribution < 1.29 is 4.79 Å². The fraction of sp³-hybridized carbons (Fsp3) is 0.500. The van der Waals surface area contributed by atoms with Gasteiger partial charge in [0.05, 0.1) is 5.52 Å². The summed E-state index contributed by atoms with van der Waals surface area (Å²) in [5.41, 5.74) is 1.41. The van der Waals surface area contributed by atoms with Crippen LogP contribution in [0.4, 0.5) is 0 Å². The number of hydrogen-bond donors (Lipinski definition) is 2. The van der Waals surface area contributed by atoms with Crippen LogP contribution in [-0.4, -0.2) is 22.6 Å². The number of aromatic nitrogens is 2. The van der Waals surface area contributed by atoms with Crippen LogP contribution in [0, 0.1) is 11.8 Å². The van der Waals surface area contributed by atoms with Gasteiger partial charge in [0.25, 0.3) is 5.91 Å². The van der Waals surface area contributed by atoms with Gasteiger partial charge in [0.15, 0.2) is 5.69 Å². The van der Waals surface area contributed by atoms with E-state index in [1.165, 1.54) is 25.7 Å². The van der Waals surface area contributed by atoms with Crippen molar-refractivity contribution in [3.63, 3.8) is 0 Å². The Morgan fingerprint density at radius 2 is 2.15 bits per heavy atom. The van der Waals surface area contributed by atoms with E-state index in [0.717, 1.165) is 17.4 Å². The molecule has 20 heavy (non-hydrogen) atoms. The fourth-order valence-corrected chi connectivity index (χ4v) is 3.14. The molecule has 2 aromatic rings. The van der Waals surface area contributed by atoms with Crippen LogP contribution < -0.4 is 5.32 Å². The zero-order chi connectivity index (χ0) is 13.9. The van der Waals surface area contributed by atoms with E-state index >= 15 is 0 Å². The van der Waals surface area contributed by atoms with E-state index in [0.29, 0.717) is 17.5 Å². The SMILES string of the molecule is CC1CCCCC1CNC(=O)c1n[nH]c2ccccc12. The number of benzene rings is 1. The maximum absolute atomic E-state index is 12.3. The molecule has 3 rings (SSSR count). The number of hydrogen-bond acceptors (Lipinski definition) is 2. The molecule has 1 aromatic heterocycles. The van der Waals surface area contributed by atoms with Crippen molar-refractivity contribution in [2.24, 2.45) is 11.8 Å². The number of nitrogens with one attached hydrogen (secondary N) is 2. The lowest BCUT2D eigenvalue weighted by Crippen LogP contribution is -2.33. The summed E-state index contributed by atoms with van der Waals surface area (Å²) in [7, 11) is 0. The average Bonchev–Trinajstić information content (AvgIpc) is 2.90. The van der Waals surface area contributed by atoms with Crippen molar-refractivity contribution in [3.8, 4) is 0 Å². The van der Waals surface area contributed by atoms with Gasteiger partial charge in [-0.3, -0.25) is 9.89 Å². The summed E-state index contributed by atoms with van der Waals surface area (Å²) in [5.74, 6) is 1.25. The average molecular weight is 271 g/mol. The molecule has 1 aromatic carbocycles. The predicted octanol–water partition coefficient (Wildman–Crippen LogP) is 3.12. The highest BCUT2D eigenvalue weighted by atomic mass is 16.1. The van der Waals surface area contributed by atoms with Crippen molar-refractivity contribution in [2.75, 3.05) is 6.54 Å². The molecular weight excluding hydrogens is 250 g/mol. The molecule has 2 unspecified atom stereocenters. The summed E-state index contributed by atoms with van der Waals surface area (Å²) < 4.78 is 0. The van der Waals surface area contributed by atoms with Crippen molar-refractivity contribution >= 4 is 16.8 Å². The monoisotopic (exact) mass is 271 g/mol. The molecule has 0 radical (unpaired) electrons. The van der Waals surface area contributed by atoms with E-state index in [1.807, 2.05) is 24.3 Å².